The van der Waals surface area contributed by atoms with E-state index >= 15 is 0 Å². The third-order valence-electron chi connectivity index (χ3n) is 22.1. The molecule has 10 heteroatoms. The number of hydrogen-bond acceptors (Lipinski definition) is 10. The number of nitrogens with zero attached hydrogens (tertiary/aromatic N) is 10. The zero-order chi connectivity index (χ0) is 80.2. The topological polar surface area (TPSA) is 129 Å². The molecule has 14 aromatic carbocycles. The lowest BCUT2D eigenvalue weighted by Gasteiger charge is -2.12. The third kappa shape index (κ3) is 15.1. The molecule has 0 atom stereocenters. The van der Waals surface area contributed by atoms with Crippen molar-refractivity contribution in [2.24, 2.45) is 0 Å². The molecule has 0 saturated carbocycles. The van der Waals surface area contributed by atoms with E-state index in [1.54, 1.807) is 12.4 Å². The second kappa shape index (κ2) is 32.3. The number of benzene rings is 14. The Labute approximate surface area is 695 Å². The summed E-state index contributed by atoms with van der Waals surface area (Å²) in [7, 11) is 0. The lowest BCUT2D eigenvalue weighted by Crippen LogP contribution is -2.00. The zero-order valence-corrected chi connectivity index (χ0v) is 65.7. The second-order valence-electron chi connectivity index (χ2n) is 30.0. The fraction of sp³-hybridized carbons (Fsp3) is 0.0182. The Hall–Kier alpha value is -16.0. The van der Waals surface area contributed by atoms with Crippen LogP contribution >= 0.6 is 0 Å². The molecule has 0 N–H and O–H groups in total. The number of pyridine rings is 5. The van der Waals surface area contributed by atoms with Crippen molar-refractivity contribution < 1.29 is 0 Å². The van der Waals surface area contributed by atoms with Gasteiger partial charge in [0.2, 0.25) is 0 Å². The number of hydrogen-bond donors (Lipinski definition) is 0. The van der Waals surface area contributed by atoms with Gasteiger partial charge in [-0.2, -0.15) is 0 Å². The van der Waals surface area contributed by atoms with Gasteiger partial charge >= 0.3 is 0 Å². The SMILES string of the molecule is Cc1cc(-c2ccc(-c3ccc(-c4ccc(-c5cc(-c6ccccc6)nc(-c6cccnc6)n5)cc4)cc3)cc2)c2ccc3ccc(-c4ccccc4)nc3c2n1.Cc1cc(-c2ccc(-c3ccc(-c4ccc(-c5nc(-c6ccccc6)nc(-c6ccc(-c7ccccc7)cc6)n5)cc4)cc3)cc2)c2ccc3ccc(-c4ccccc4)nc3c2n1. The van der Waals surface area contributed by atoms with Crippen LogP contribution in [0.2, 0.25) is 0 Å². The van der Waals surface area contributed by atoms with Crippen LogP contribution in [0, 0.1) is 13.8 Å². The fourth-order valence-corrected chi connectivity index (χ4v) is 15.8. The minimum absolute atomic E-state index is 0.633. The summed E-state index contributed by atoms with van der Waals surface area (Å²) >= 11 is 0. The molecular formula is C110H74N10. The summed E-state index contributed by atoms with van der Waals surface area (Å²) in [5.74, 6) is 2.57. The molecule has 0 saturated heterocycles. The smallest absolute Gasteiger partial charge is 0.164 e. The van der Waals surface area contributed by atoms with E-state index in [1.807, 2.05) is 103 Å². The zero-order valence-electron chi connectivity index (χ0n) is 65.7. The van der Waals surface area contributed by atoms with E-state index < -0.39 is 0 Å². The Balaban J connectivity index is 0.000000154. The number of rotatable bonds is 15. The Morgan fingerprint density at radius 2 is 0.425 bits per heavy atom. The second-order valence-corrected chi connectivity index (χ2v) is 30.0. The summed E-state index contributed by atoms with van der Waals surface area (Å²) in [6.45, 7) is 4.12. The van der Waals surface area contributed by atoms with Crippen molar-refractivity contribution in [2.45, 2.75) is 13.8 Å². The van der Waals surface area contributed by atoms with Gasteiger partial charge in [0.15, 0.2) is 23.3 Å². The highest BCUT2D eigenvalue weighted by Gasteiger charge is 2.19. The maximum atomic E-state index is 5.12. The lowest BCUT2D eigenvalue weighted by atomic mass is 9.95. The van der Waals surface area contributed by atoms with Crippen LogP contribution in [0.3, 0.4) is 0 Å². The molecule has 0 radical (unpaired) electrons. The summed E-state index contributed by atoms with van der Waals surface area (Å²) in [6.07, 6.45) is 3.57. The molecule has 0 aliphatic rings. The monoisotopic (exact) mass is 1530 g/mol. The van der Waals surface area contributed by atoms with E-state index in [-0.39, 0.29) is 0 Å². The van der Waals surface area contributed by atoms with Crippen LogP contribution in [0.4, 0.5) is 0 Å². The van der Waals surface area contributed by atoms with Crippen LogP contribution < -0.4 is 0 Å². The summed E-state index contributed by atoms with van der Waals surface area (Å²) in [6, 6.07) is 139. The van der Waals surface area contributed by atoms with Crippen molar-refractivity contribution in [1.82, 2.24) is 49.8 Å². The molecule has 0 aliphatic carbocycles. The van der Waals surface area contributed by atoms with E-state index in [0.717, 1.165) is 189 Å². The van der Waals surface area contributed by atoms with Gasteiger partial charge in [-0.25, -0.2) is 34.9 Å². The minimum Gasteiger partial charge on any atom is -0.264 e. The van der Waals surface area contributed by atoms with Gasteiger partial charge in [-0.05, 0) is 134 Å². The molecule has 21 rings (SSSR count). The molecule has 0 aliphatic heterocycles. The normalized spacial score (nSPS) is 11.2. The molecule has 21 aromatic rings. The van der Waals surface area contributed by atoms with E-state index in [4.69, 9.17) is 44.9 Å². The van der Waals surface area contributed by atoms with E-state index in [1.165, 1.54) is 11.1 Å². The average Bonchev–Trinajstić information content (AvgIpc) is 0.759. The summed E-state index contributed by atoms with van der Waals surface area (Å²) < 4.78 is 0. The molecule has 0 fully saturated rings. The molecule has 0 amide bonds. The van der Waals surface area contributed by atoms with E-state index in [2.05, 4.69) is 316 Å². The summed E-state index contributed by atoms with van der Waals surface area (Å²) in [5.41, 5.74) is 33.3. The first-order chi connectivity index (χ1) is 59.2. The van der Waals surface area contributed by atoms with Gasteiger partial charge in [-0.3, -0.25) is 15.0 Å². The van der Waals surface area contributed by atoms with Crippen molar-refractivity contribution in [1.29, 1.82) is 0 Å². The van der Waals surface area contributed by atoms with Crippen LogP contribution in [0.5, 0.6) is 0 Å². The first-order valence-corrected chi connectivity index (χ1v) is 40.2. The van der Waals surface area contributed by atoms with Crippen LogP contribution in [0.1, 0.15) is 11.4 Å². The van der Waals surface area contributed by atoms with Crippen molar-refractivity contribution in [3.05, 3.63) is 424 Å². The Morgan fingerprint density at radius 3 is 0.767 bits per heavy atom. The molecule has 0 bridgehead atoms. The Kier molecular flexibility index (Phi) is 19.6. The van der Waals surface area contributed by atoms with Gasteiger partial charge in [0.1, 0.15) is 0 Å². The van der Waals surface area contributed by atoms with Gasteiger partial charge in [-0.1, -0.05) is 358 Å². The van der Waals surface area contributed by atoms with Crippen LogP contribution in [0.25, 0.3) is 212 Å². The highest BCUT2D eigenvalue weighted by Crippen LogP contribution is 2.40. The molecule has 564 valence electrons. The van der Waals surface area contributed by atoms with Crippen molar-refractivity contribution in [3.63, 3.8) is 0 Å². The third-order valence-corrected chi connectivity index (χ3v) is 22.1. The predicted octanol–water partition coefficient (Wildman–Crippen LogP) is 27.6. The fourth-order valence-electron chi connectivity index (χ4n) is 15.8. The summed E-state index contributed by atoms with van der Waals surface area (Å²) in [4.78, 5) is 49.3. The molecular weight excluding hydrogens is 1460 g/mol. The Morgan fingerprint density at radius 1 is 0.167 bits per heavy atom. The van der Waals surface area contributed by atoms with E-state index in [9.17, 15) is 0 Å². The standard InChI is InChI=1S/C58H39N5.C52H35N5/c1-38-37-52(51-35-33-47-34-36-53(46-13-7-3-8-14-46)60-54(47)55(51)59-38)45-27-21-43(22-28-45)41-17-19-42(20-18-41)44-25-31-50(32-26-44)58-62-56(48-15-9-4-10-16-48)61-57(63-58)49-29-23-40(24-30-49)39-11-5-2-6-12-39;1-34-31-46(45-28-26-43-27-29-47(40-9-4-2-5-10-40)55-50(43)51(45)54-34)39-22-18-37(19-23-39)35-14-16-36(17-15-35)38-20-24-42(25-21-38)49-32-48(41-11-6-3-7-12-41)56-52(57-49)44-13-8-30-53-33-44/h2-37H,1H3;2-33H,1H3. The molecule has 7 aromatic heterocycles. The molecule has 7 heterocycles. The van der Waals surface area contributed by atoms with Gasteiger partial charge < -0.3 is 0 Å². The van der Waals surface area contributed by atoms with Crippen molar-refractivity contribution in [2.75, 3.05) is 0 Å². The maximum absolute atomic E-state index is 5.12. The van der Waals surface area contributed by atoms with Gasteiger partial charge in [0.05, 0.1) is 44.8 Å². The van der Waals surface area contributed by atoms with Crippen LogP contribution in [-0.4, -0.2) is 49.8 Å². The molecule has 120 heavy (non-hydrogen) atoms. The molecule has 0 unspecified atom stereocenters. The average molecular weight is 1540 g/mol. The Bertz CT molecular complexity index is 7240. The van der Waals surface area contributed by atoms with Crippen LogP contribution in [0.15, 0.2) is 413 Å². The number of aryl methyl sites for hydroxylation is 2. The minimum atomic E-state index is 0.633. The molecule has 0 spiro atoms. The van der Waals surface area contributed by atoms with Gasteiger partial charge in [-0.15, -0.1) is 0 Å². The summed E-state index contributed by atoms with van der Waals surface area (Å²) in [5, 5.41) is 4.35. The van der Waals surface area contributed by atoms with Gasteiger partial charge in [0, 0.05) is 89.8 Å². The first-order valence-electron chi connectivity index (χ1n) is 40.2. The molecule has 10 nitrogen and oxygen atoms in total. The number of fused-ring (bicyclic) bond motifs is 6. The lowest BCUT2D eigenvalue weighted by molar-refractivity contribution is 1.07. The van der Waals surface area contributed by atoms with Gasteiger partial charge in [0.25, 0.3) is 0 Å². The highest BCUT2D eigenvalue weighted by atomic mass is 15.0. The van der Waals surface area contributed by atoms with Crippen molar-refractivity contribution in [3.8, 4) is 168 Å². The largest absolute Gasteiger partial charge is 0.264 e. The highest BCUT2D eigenvalue weighted by molar-refractivity contribution is 6.10. The predicted molar refractivity (Wildman–Crippen MR) is 492 cm³/mol. The van der Waals surface area contributed by atoms with Crippen LogP contribution in [-0.2, 0) is 0 Å². The number of aromatic nitrogens is 10. The van der Waals surface area contributed by atoms with Crippen molar-refractivity contribution >= 4 is 43.6 Å². The van der Waals surface area contributed by atoms with E-state index in [0.29, 0.717) is 23.3 Å². The maximum Gasteiger partial charge on any atom is 0.164 e. The quantitative estimate of drug-likeness (QED) is 0.0915. The first kappa shape index (κ1) is 72.9.